The van der Waals surface area contributed by atoms with Gasteiger partial charge >= 0.3 is 5.97 Å². The minimum Gasteiger partial charge on any atom is -0.490 e. The molecule has 2 aromatic heterocycles. The highest BCUT2D eigenvalue weighted by molar-refractivity contribution is 7.15. The summed E-state index contributed by atoms with van der Waals surface area (Å²) in [6.07, 6.45) is 5.42. The average molecular weight is 433 g/mol. The molecule has 0 atom stereocenters. The highest BCUT2D eigenvalue weighted by Gasteiger charge is 2.11. The normalized spacial score (nSPS) is 12.0. The third kappa shape index (κ3) is 4.70. The molecule has 0 radical (unpaired) electrons. The maximum Gasteiger partial charge on any atom is 0.308 e. The SMILES string of the molecule is CCOc1cc(/C=c2/sc3nc(/C=C/c4ccccc4)nn3c2=O)ccc1OC(C)=O. The summed E-state index contributed by atoms with van der Waals surface area (Å²) >= 11 is 1.26. The van der Waals surface area contributed by atoms with Crippen molar-refractivity contribution in [2.24, 2.45) is 0 Å². The van der Waals surface area contributed by atoms with Crippen molar-refractivity contribution in [1.29, 1.82) is 0 Å². The number of hydrogen-bond acceptors (Lipinski definition) is 7. The monoisotopic (exact) mass is 433 g/mol. The number of thiazole rings is 1. The number of rotatable bonds is 6. The molecule has 0 amide bonds. The molecule has 0 bridgehead atoms. The number of ether oxygens (including phenoxy) is 2. The van der Waals surface area contributed by atoms with E-state index in [1.807, 2.05) is 43.3 Å². The Bertz CT molecular complexity index is 1370. The minimum atomic E-state index is -0.429. The molecular weight excluding hydrogens is 414 g/mol. The predicted octanol–water partition coefficient (Wildman–Crippen LogP) is 3.19. The number of carbonyl (C=O) groups is 1. The van der Waals surface area contributed by atoms with Crippen LogP contribution in [0.2, 0.25) is 0 Å². The molecule has 0 aliphatic heterocycles. The fourth-order valence-corrected chi connectivity index (χ4v) is 3.84. The molecular formula is C23H19N3O4S. The number of carbonyl (C=O) groups excluding carboxylic acids is 1. The second-order valence-corrected chi connectivity index (χ2v) is 7.57. The van der Waals surface area contributed by atoms with E-state index in [4.69, 9.17) is 9.47 Å². The van der Waals surface area contributed by atoms with Gasteiger partial charge < -0.3 is 9.47 Å². The maximum atomic E-state index is 12.8. The lowest BCUT2D eigenvalue weighted by molar-refractivity contribution is -0.132. The van der Waals surface area contributed by atoms with Crippen LogP contribution < -0.4 is 19.6 Å². The van der Waals surface area contributed by atoms with Gasteiger partial charge in [0.1, 0.15) is 0 Å². The van der Waals surface area contributed by atoms with Crippen molar-refractivity contribution < 1.29 is 14.3 Å². The Morgan fingerprint density at radius 3 is 2.61 bits per heavy atom. The molecule has 0 fully saturated rings. The zero-order chi connectivity index (χ0) is 21.8. The summed E-state index contributed by atoms with van der Waals surface area (Å²) in [5.74, 6) is 0.823. The van der Waals surface area contributed by atoms with Gasteiger partial charge in [-0.3, -0.25) is 9.59 Å². The van der Waals surface area contributed by atoms with E-state index < -0.39 is 5.97 Å². The highest BCUT2D eigenvalue weighted by atomic mass is 32.1. The van der Waals surface area contributed by atoms with Crippen LogP contribution in [0.5, 0.6) is 11.5 Å². The van der Waals surface area contributed by atoms with E-state index in [2.05, 4.69) is 10.1 Å². The van der Waals surface area contributed by atoms with Crippen molar-refractivity contribution in [2.45, 2.75) is 13.8 Å². The summed E-state index contributed by atoms with van der Waals surface area (Å²) in [5, 5.41) is 4.30. The number of nitrogens with zero attached hydrogens (tertiary/aromatic N) is 3. The van der Waals surface area contributed by atoms with E-state index in [0.717, 1.165) is 11.1 Å². The van der Waals surface area contributed by atoms with E-state index in [-0.39, 0.29) is 5.56 Å². The molecule has 0 N–H and O–H groups in total. The number of aromatic nitrogens is 3. The molecule has 0 spiro atoms. The third-order valence-corrected chi connectivity index (χ3v) is 5.20. The summed E-state index contributed by atoms with van der Waals surface area (Å²) in [4.78, 5) is 29.0. The molecule has 4 rings (SSSR count). The Kier molecular flexibility index (Phi) is 5.90. The van der Waals surface area contributed by atoms with E-state index in [1.54, 1.807) is 30.4 Å². The average Bonchev–Trinajstić information content (AvgIpc) is 3.28. The number of fused-ring (bicyclic) bond motifs is 1. The Morgan fingerprint density at radius 2 is 1.90 bits per heavy atom. The lowest BCUT2D eigenvalue weighted by Gasteiger charge is -2.10. The van der Waals surface area contributed by atoms with Crippen molar-refractivity contribution >= 4 is 40.5 Å². The molecule has 4 aromatic rings. The number of hydrogen-bond donors (Lipinski definition) is 0. The molecule has 7 nitrogen and oxygen atoms in total. The van der Waals surface area contributed by atoms with Gasteiger partial charge in [0.2, 0.25) is 4.96 Å². The van der Waals surface area contributed by atoms with E-state index in [1.165, 1.54) is 22.8 Å². The van der Waals surface area contributed by atoms with Gasteiger partial charge in [0.25, 0.3) is 5.56 Å². The smallest absolute Gasteiger partial charge is 0.308 e. The molecule has 156 valence electrons. The summed E-state index contributed by atoms with van der Waals surface area (Å²) in [5.41, 5.74) is 1.53. The molecule has 31 heavy (non-hydrogen) atoms. The Hall–Kier alpha value is -3.78. The van der Waals surface area contributed by atoms with Gasteiger partial charge in [-0.1, -0.05) is 53.8 Å². The van der Waals surface area contributed by atoms with E-state index in [0.29, 0.717) is 33.4 Å². The Morgan fingerprint density at radius 1 is 1.10 bits per heavy atom. The molecule has 2 aromatic carbocycles. The standard InChI is InChI=1S/C23H19N3O4S/c1-3-29-19-13-17(9-11-18(19)30-15(2)27)14-20-22(28)26-23(31-20)24-21(25-26)12-10-16-7-5-4-6-8-16/h4-14H,3H2,1-2H3/b12-10+,20-14+. The van der Waals surface area contributed by atoms with E-state index in [9.17, 15) is 9.59 Å². The minimum absolute atomic E-state index is 0.242. The second kappa shape index (κ2) is 8.93. The Balaban J connectivity index is 1.65. The first kappa shape index (κ1) is 20.5. The fourth-order valence-electron chi connectivity index (χ4n) is 2.93. The molecule has 0 unspecified atom stereocenters. The zero-order valence-electron chi connectivity index (χ0n) is 16.9. The van der Waals surface area contributed by atoms with Crippen molar-refractivity contribution in [3.8, 4) is 11.5 Å². The predicted molar refractivity (Wildman–Crippen MR) is 120 cm³/mol. The lowest BCUT2D eigenvalue weighted by Crippen LogP contribution is -2.23. The van der Waals surface area contributed by atoms with Gasteiger partial charge in [-0.05, 0) is 42.3 Å². The van der Waals surface area contributed by atoms with Gasteiger partial charge in [0.05, 0.1) is 11.1 Å². The van der Waals surface area contributed by atoms with Crippen LogP contribution in [0.3, 0.4) is 0 Å². The molecule has 0 aliphatic rings. The molecule has 8 heteroatoms. The van der Waals surface area contributed by atoms with Gasteiger partial charge in [-0.2, -0.15) is 9.50 Å². The van der Waals surface area contributed by atoms with E-state index >= 15 is 0 Å². The van der Waals surface area contributed by atoms with Gasteiger partial charge in [0.15, 0.2) is 17.3 Å². The second-order valence-electron chi connectivity index (χ2n) is 6.56. The molecule has 0 saturated heterocycles. The topological polar surface area (TPSA) is 82.8 Å². The van der Waals surface area contributed by atoms with Crippen LogP contribution >= 0.6 is 11.3 Å². The quantitative estimate of drug-likeness (QED) is 0.343. The van der Waals surface area contributed by atoms with Crippen LogP contribution in [0.25, 0.3) is 23.2 Å². The van der Waals surface area contributed by atoms with Crippen molar-refractivity contribution in [3.63, 3.8) is 0 Å². The lowest BCUT2D eigenvalue weighted by atomic mass is 10.2. The van der Waals surface area contributed by atoms with Crippen molar-refractivity contribution in [1.82, 2.24) is 14.6 Å². The van der Waals surface area contributed by atoms with Crippen LogP contribution in [-0.4, -0.2) is 27.2 Å². The van der Waals surface area contributed by atoms with Gasteiger partial charge in [-0.15, -0.1) is 5.10 Å². The zero-order valence-corrected chi connectivity index (χ0v) is 17.8. The number of benzene rings is 2. The van der Waals surface area contributed by atoms with Crippen LogP contribution in [-0.2, 0) is 4.79 Å². The molecule has 0 saturated carbocycles. The summed E-state index contributed by atoms with van der Waals surface area (Å²) < 4.78 is 12.5. The maximum absolute atomic E-state index is 12.8. The van der Waals surface area contributed by atoms with Crippen LogP contribution in [0, 0.1) is 0 Å². The first-order valence-corrected chi connectivity index (χ1v) is 10.4. The summed E-state index contributed by atoms with van der Waals surface area (Å²) in [6.45, 7) is 3.59. The van der Waals surface area contributed by atoms with Gasteiger partial charge in [0, 0.05) is 6.92 Å². The summed E-state index contributed by atoms with van der Waals surface area (Å²) in [6, 6.07) is 14.9. The van der Waals surface area contributed by atoms with Crippen LogP contribution in [0.4, 0.5) is 0 Å². The number of esters is 1. The largest absolute Gasteiger partial charge is 0.490 e. The summed E-state index contributed by atoms with van der Waals surface area (Å²) in [7, 11) is 0. The Labute approximate surface area is 181 Å². The first-order chi connectivity index (χ1) is 15.0. The highest BCUT2D eigenvalue weighted by Crippen LogP contribution is 2.29. The van der Waals surface area contributed by atoms with Crippen molar-refractivity contribution in [2.75, 3.05) is 6.61 Å². The fraction of sp³-hybridized carbons (Fsp3) is 0.130. The van der Waals surface area contributed by atoms with Gasteiger partial charge in [-0.25, -0.2) is 0 Å². The molecule has 0 aliphatic carbocycles. The van der Waals surface area contributed by atoms with Crippen LogP contribution in [0.1, 0.15) is 30.8 Å². The molecule has 2 heterocycles. The first-order valence-electron chi connectivity index (χ1n) is 9.63. The van der Waals surface area contributed by atoms with Crippen LogP contribution in [0.15, 0.2) is 53.3 Å². The third-order valence-electron chi connectivity index (χ3n) is 4.24. The van der Waals surface area contributed by atoms with Crippen molar-refractivity contribution in [3.05, 3.63) is 80.4 Å².